The number of thiazole rings is 1. The Bertz CT molecular complexity index is 641. The first-order valence-corrected chi connectivity index (χ1v) is 7.65. The van der Waals surface area contributed by atoms with Crippen LogP contribution in [-0.4, -0.2) is 31.3 Å². The first kappa shape index (κ1) is 18.7. The molecule has 0 spiro atoms. The molecule has 0 amide bonds. The number of fused-ring (bicyclic) bond motifs is 1. The molecule has 0 unspecified atom stereocenters. The average molecular weight is 342 g/mol. The molecule has 1 aromatic carbocycles. The van der Waals surface area contributed by atoms with Crippen LogP contribution in [0.25, 0.3) is 10.8 Å². The number of aromatic amines is 1. The SMILES string of the molecule is N=C(N)N.c1c[nH]nn1.c1ccc2cnccc2c1.c1cscn1. The van der Waals surface area contributed by atoms with E-state index in [2.05, 4.69) is 49.0 Å². The third-order valence-electron chi connectivity index (χ3n) is 2.23. The summed E-state index contributed by atoms with van der Waals surface area (Å²) < 4.78 is 0. The second-order valence-electron chi connectivity index (χ2n) is 4.01. The van der Waals surface area contributed by atoms with E-state index in [0.717, 1.165) is 0 Å². The van der Waals surface area contributed by atoms with Crippen LogP contribution in [0, 0.1) is 5.41 Å². The molecule has 0 aliphatic heterocycles. The quantitative estimate of drug-likeness (QED) is 0.284. The zero-order valence-corrected chi connectivity index (χ0v) is 13.6. The predicted molar refractivity (Wildman–Crippen MR) is 96.3 cm³/mol. The van der Waals surface area contributed by atoms with Gasteiger partial charge in [0, 0.05) is 30.2 Å². The normalized spacial score (nSPS) is 8.50. The lowest BCUT2D eigenvalue weighted by Crippen LogP contribution is -2.20. The minimum Gasteiger partial charge on any atom is -0.370 e. The maximum Gasteiger partial charge on any atom is 0.183 e. The van der Waals surface area contributed by atoms with Crippen molar-refractivity contribution in [2.24, 2.45) is 11.5 Å². The van der Waals surface area contributed by atoms with Gasteiger partial charge < -0.3 is 11.5 Å². The van der Waals surface area contributed by atoms with Gasteiger partial charge in [-0.1, -0.05) is 29.5 Å². The third-order valence-corrected chi connectivity index (χ3v) is 2.75. The van der Waals surface area contributed by atoms with Crippen LogP contribution in [-0.2, 0) is 0 Å². The first-order chi connectivity index (χ1) is 11.7. The summed E-state index contributed by atoms with van der Waals surface area (Å²) in [5, 5.41) is 19.7. The number of rotatable bonds is 0. The Kier molecular flexibility index (Phi) is 9.54. The van der Waals surface area contributed by atoms with Gasteiger partial charge in [-0.3, -0.25) is 20.5 Å². The molecule has 0 atom stereocenters. The molecule has 124 valence electrons. The van der Waals surface area contributed by atoms with Gasteiger partial charge in [0.05, 0.1) is 11.7 Å². The number of guanidine groups is 1. The Hall–Kier alpha value is -3.33. The summed E-state index contributed by atoms with van der Waals surface area (Å²) in [4.78, 5) is 7.75. The fourth-order valence-corrected chi connectivity index (χ4v) is 1.72. The van der Waals surface area contributed by atoms with Gasteiger partial charge in [0.1, 0.15) is 0 Å². The molecule has 9 heteroatoms. The molecule has 6 N–H and O–H groups in total. The van der Waals surface area contributed by atoms with Gasteiger partial charge in [-0.2, -0.15) is 0 Å². The second kappa shape index (κ2) is 12.2. The van der Waals surface area contributed by atoms with Crippen LogP contribution in [0.3, 0.4) is 0 Å². The van der Waals surface area contributed by atoms with E-state index in [1.165, 1.54) is 10.8 Å². The van der Waals surface area contributed by atoms with Gasteiger partial charge in [0.25, 0.3) is 0 Å². The Morgan fingerprint density at radius 1 is 1.00 bits per heavy atom. The van der Waals surface area contributed by atoms with Crippen LogP contribution in [0.4, 0.5) is 0 Å². The Labute approximate surface area is 143 Å². The van der Waals surface area contributed by atoms with Crippen molar-refractivity contribution < 1.29 is 0 Å². The smallest absolute Gasteiger partial charge is 0.183 e. The van der Waals surface area contributed by atoms with E-state index in [1.54, 1.807) is 35.4 Å². The summed E-state index contributed by atoms with van der Waals surface area (Å²) >= 11 is 1.60. The van der Waals surface area contributed by atoms with E-state index in [4.69, 9.17) is 5.41 Å². The Morgan fingerprint density at radius 3 is 2.17 bits per heavy atom. The van der Waals surface area contributed by atoms with Gasteiger partial charge in [0.15, 0.2) is 5.96 Å². The number of hydrogen-bond donors (Lipinski definition) is 4. The van der Waals surface area contributed by atoms with Crippen molar-refractivity contribution in [1.29, 1.82) is 5.41 Å². The van der Waals surface area contributed by atoms with Crippen LogP contribution in [0.1, 0.15) is 0 Å². The van der Waals surface area contributed by atoms with Gasteiger partial charge in [0.2, 0.25) is 0 Å². The van der Waals surface area contributed by atoms with E-state index in [1.807, 2.05) is 36.0 Å². The van der Waals surface area contributed by atoms with Crippen LogP contribution in [0.5, 0.6) is 0 Å². The molecule has 3 aromatic heterocycles. The molecule has 0 saturated carbocycles. The molecule has 0 saturated heterocycles. The molecule has 4 aromatic rings. The zero-order chi connectivity index (χ0) is 17.5. The average Bonchev–Trinajstić information content (AvgIpc) is 3.32. The Balaban J connectivity index is 0.000000175. The largest absolute Gasteiger partial charge is 0.370 e. The molecule has 0 bridgehead atoms. The number of aromatic nitrogens is 5. The van der Waals surface area contributed by atoms with Crippen LogP contribution in [0.15, 0.2) is 72.2 Å². The highest BCUT2D eigenvalue weighted by atomic mass is 32.1. The molecule has 0 fully saturated rings. The van der Waals surface area contributed by atoms with Crippen LogP contribution >= 0.6 is 11.3 Å². The highest BCUT2D eigenvalue weighted by molar-refractivity contribution is 7.07. The maximum absolute atomic E-state index is 6.06. The first-order valence-electron chi connectivity index (χ1n) is 6.71. The molecule has 8 nitrogen and oxygen atoms in total. The van der Waals surface area contributed by atoms with E-state index < -0.39 is 0 Å². The third kappa shape index (κ3) is 9.58. The van der Waals surface area contributed by atoms with E-state index in [-0.39, 0.29) is 5.96 Å². The van der Waals surface area contributed by atoms with Crippen molar-refractivity contribution in [1.82, 2.24) is 25.4 Å². The molecular weight excluding hydrogens is 324 g/mol. The number of hydrogen-bond acceptors (Lipinski definition) is 6. The standard InChI is InChI=1S/C9H7N.C3H3NS.C2H3N3.CH5N3/c1-2-4-9-7-10-6-5-8(9)3-1;1-2-5-3-4-1;1-2-4-5-3-1;2-1(3)4/h1-7H;1-3H;1-2H,(H,3,4,5);(H5,2,3,4). The highest BCUT2D eigenvalue weighted by Gasteiger charge is 1.86. The van der Waals surface area contributed by atoms with Crippen molar-refractivity contribution in [3.05, 3.63) is 72.2 Å². The number of nitrogens with two attached hydrogens (primary N) is 2. The van der Waals surface area contributed by atoms with Crippen molar-refractivity contribution in [2.75, 3.05) is 0 Å². The zero-order valence-electron chi connectivity index (χ0n) is 12.8. The number of pyridine rings is 1. The fraction of sp³-hybridized carbons (Fsp3) is 0. The van der Waals surface area contributed by atoms with Gasteiger partial charge in [-0.15, -0.1) is 16.4 Å². The summed E-state index contributed by atoms with van der Waals surface area (Å²) in [5.74, 6) is -0.333. The summed E-state index contributed by atoms with van der Waals surface area (Å²) in [6.45, 7) is 0. The molecule has 3 heterocycles. The van der Waals surface area contributed by atoms with E-state index in [0.29, 0.717) is 0 Å². The molecular formula is C15H18N8S. The molecule has 24 heavy (non-hydrogen) atoms. The van der Waals surface area contributed by atoms with Crippen molar-refractivity contribution >= 4 is 28.1 Å². The molecule has 0 radical (unpaired) electrons. The van der Waals surface area contributed by atoms with Crippen molar-refractivity contribution in [3.63, 3.8) is 0 Å². The summed E-state index contributed by atoms with van der Waals surface area (Å²) in [5.41, 5.74) is 10.7. The van der Waals surface area contributed by atoms with Crippen LogP contribution in [0.2, 0.25) is 0 Å². The lowest BCUT2D eigenvalue weighted by atomic mass is 10.2. The van der Waals surface area contributed by atoms with E-state index >= 15 is 0 Å². The monoisotopic (exact) mass is 342 g/mol. The van der Waals surface area contributed by atoms with Crippen LogP contribution < -0.4 is 11.5 Å². The maximum atomic E-state index is 6.06. The topological polar surface area (TPSA) is 143 Å². The lowest BCUT2D eigenvalue weighted by molar-refractivity contribution is 0.940. The number of nitrogens with zero attached hydrogens (tertiary/aromatic N) is 4. The lowest BCUT2D eigenvalue weighted by Gasteiger charge is -1.91. The summed E-state index contributed by atoms with van der Waals surface area (Å²) in [6, 6.07) is 10.2. The molecule has 0 aliphatic rings. The van der Waals surface area contributed by atoms with Gasteiger partial charge >= 0.3 is 0 Å². The minimum atomic E-state index is -0.333. The summed E-state index contributed by atoms with van der Waals surface area (Å²) in [7, 11) is 0. The molecule has 4 rings (SSSR count). The minimum absolute atomic E-state index is 0.333. The van der Waals surface area contributed by atoms with Gasteiger partial charge in [-0.05, 0) is 16.8 Å². The summed E-state index contributed by atoms with van der Waals surface area (Å²) in [6.07, 6.45) is 8.68. The molecule has 0 aliphatic carbocycles. The van der Waals surface area contributed by atoms with Gasteiger partial charge in [-0.25, -0.2) is 0 Å². The second-order valence-corrected chi connectivity index (χ2v) is 4.77. The fourth-order valence-electron chi connectivity index (χ4n) is 1.37. The predicted octanol–water partition coefficient (Wildman–Crippen LogP) is 2.02. The number of benzene rings is 1. The van der Waals surface area contributed by atoms with Crippen molar-refractivity contribution in [3.8, 4) is 0 Å². The Morgan fingerprint density at radius 2 is 1.75 bits per heavy atom. The highest BCUT2D eigenvalue weighted by Crippen LogP contribution is 2.09. The number of H-pyrrole nitrogens is 1. The van der Waals surface area contributed by atoms with Crippen molar-refractivity contribution in [2.45, 2.75) is 0 Å². The van der Waals surface area contributed by atoms with E-state index in [9.17, 15) is 0 Å². The number of nitrogens with one attached hydrogen (secondary N) is 2.